The van der Waals surface area contributed by atoms with Crippen molar-refractivity contribution in [3.63, 3.8) is 0 Å². The van der Waals surface area contributed by atoms with Crippen molar-refractivity contribution < 1.29 is 18.3 Å². The lowest BCUT2D eigenvalue weighted by Gasteiger charge is -2.30. The Morgan fingerprint density at radius 1 is 1.42 bits per heavy atom. The number of likely N-dealkylation sites (tertiary alicyclic amines) is 1. The lowest BCUT2D eigenvalue weighted by molar-refractivity contribution is -0.0493. The normalized spacial score (nSPS) is 18.4. The molecule has 0 radical (unpaired) electrons. The number of carbonyl (C=O) groups excluding carboxylic acids is 1. The van der Waals surface area contributed by atoms with Crippen LogP contribution in [0.1, 0.15) is 26.2 Å². The molecule has 1 aliphatic rings. The Morgan fingerprint density at radius 3 is 2.96 bits per heavy atom. The van der Waals surface area contributed by atoms with Crippen LogP contribution in [0.15, 0.2) is 24.3 Å². The van der Waals surface area contributed by atoms with Gasteiger partial charge < -0.3 is 20.3 Å². The molecule has 2 N–H and O–H groups in total. The number of hydrogen-bond donors (Lipinski definition) is 2. The summed E-state index contributed by atoms with van der Waals surface area (Å²) in [6.45, 7) is 3.06. The van der Waals surface area contributed by atoms with E-state index in [9.17, 15) is 13.6 Å². The Hall–Kier alpha value is -1.89. The highest BCUT2D eigenvalue weighted by Gasteiger charge is 2.15. The van der Waals surface area contributed by atoms with Gasteiger partial charge in [-0.05, 0) is 50.4 Å². The van der Waals surface area contributed by atoms with Gasteiger partial charge in [-0.3, -0.25) is 0 Å². The minimum atomic E-state index is -2.93. The molecule has 24 heavy (non-hydrogen) atoms. The number of amides is 2. The molecule has 0 bridgehead atoms. The molecule has 0 unspecified atom stereocenters. The molecule has 0 aromatic heterocycles. The smallest absolute Gasteiger partial charge is 0.387 e. The van der Waals surface area contributed by atoms with Gasteiger partial charge in [0.15, 0.2) is 0 Å². The molecule has 1 atom stereocenters. The van der Waals surface area contributed by atoms with E-state index in [-0.39, 0.29) is 11.4 Å². The molecule has 1 aromatic rings. The van der Waals surface area contributed by atoms with E-state index in [0.29, 0.717) is 6.54 Å². The van der Waals surface area contributed by atoms with Crippen molar-refractivity contribution in [2.45, 2.75) is 32.8 Å². The summed E-state index contributed by atoms with van der Waals surface area (Å²) in [5.41, 5.74) is 0.222. The summed E-state index contributed by atoms with van der Waals surface area (Å²) in [6, 6.07) is 5.70. The molecule has 1 aliphatic heterocycles. The Kier molecular flexibility index (Phi) is 7.24. The average molecular weight is 341 g/mol. The maximum atomic E-state index is 12.3. The molecule has 0 aliphatic carbocycles. The summed E-state index contributed by atoms with van der Waals surface area (Å²) < 4.78 is 29.0. The minimum absolute atomic E-state index is 0.0510. The molecular formula is C17H25F2N3O2. The number of benzene rings is 1. The number of nitrogens with zero attached hydrogens (tertiary/aromatic N) is 1. The summed E-state index contributed by atoms with van der Waals surface area (Å²) in [6.07, 6.45) is 3.38. The first-order chi connectivity index (χ1) is 11.5. The van der Waals surface area contributed by atoms with Crippen LogP contribution in [0.5, 0.6) is 5.75 Å². The highest BCUT2D eigenvalue weighted by Crippen LogP contribution is 2.25. The SMILES string of the molecule is C[C@H]1CCCN(CCCNC(=O)Nc2ccccc2OC(F)F)C1. The number of urea groups is 1. The van der Waals surface area contributed by atoms with Gasteiger partial charge in [0, 0.05) is 13.1 Å². The largest absolute Gasteiger partial charge is 0.433 e. The minimum Gasteiger partial charge on any atom is -0.433 e. The summed E-state index contributed by atoms with van der Waals surface area (Å²) in [7, 11) is 0. The number of rotatable bonds is 7. The molecule has 7 heteroatoms. The molecule has 1 fully saturated rings. The molecule has 1 saturated heterocycles. The number of nitrogens with one attached hydrogen (secondary N) is 2. The fraction of sp³-hybridized carbons (Fsp3) is 0.588. The molecule has 1 aromatic carbocycles. The molecule has 134 valence electrons. The number of anilines is 1. The quantitative estimate of drug-likeness (QED) is 0.746. The van der Waals surface area contributed by atoms with Gasteiger partial charge in [-0.25, -0.2) is 4.79 Å². The van der Waals surface area contributed by atoms with Crippen molar-refractivity contribution in [2.24, 2.45) is 5.92 Å². The van der Waals surface area contributed by atoms with Crippen LogP contribution in [0, 0.1) is 5.92 Å². The van der Waals surface area contributed by atoms with E-state index in [1.807, 2.05) is 0 Å². The molecule has 5 nitrogen and oxygen atoms in total. The average Bonchev–Trinajstić information content (AvgIpc) is 2.53. The number of piperidine rings is 1. The van der Waals surface area contributed by atoms with Crippen molar-refractivity contribution in [2.75, 3.05) is 31.5 Å². The van der Waals surface area contributed by atoms with Gasteiger partial charge in [-0.15, -0.1) is 0 Å². The Morgan fingerprint density at radius 2 is 2.21 bits per heavy atom. The van der Waals surface area contributed by atoms with Gasteiger partial charge in [0.25, 0.3) is 0 Å². The Balaban J connectivity index is 1.70. The summed E-state index contributed by atoms with van der Waals surface area (Å²) in [5.74, 6) is 0.686. The van der Waals surface area contributed by atoms with Crippen LogP contribution in [0.2, 0.25) is 0 Å². The second-order valence-corrected chi connectivity index (χ2v) is 6.16. The van der Waals surface area contributed by atoms with Crippen LogP contribution in [-0.4, -0.2) is 43.7 Å². The van der Waals surface area contributed by atoms with E-state index in [1.165, 1.54) is 25.0 Å². The predicted molar refractivity (Wildman–Crippen MR) is 89.6 cm³/mol. The molecular weight excluding hydrogens is 316 g/mol. The number of halogens is 2. The molecule has 1 heterocycles. The maximum Gasteiger partial charge on any atom is 0.387 e. The fourth-order valence-electron chi connectivity index (χ4n) is 2.93. The van der Waals surface area contributed by atoms with Gasteiger partial charge >= 0.3 is 12.6 Å². The number of alkyl halides is 2. The van der Waals surface area contributed by atoms with Gasteiger partial charge in [-0.1, -0.05) is 19.1 Å². The Bertz CT molecular complexity index is 528. The molecule has 0 saturated carbocycles. The second-order valence-electron chi connectivity index (χ2n) is 6.16. The zero-order chi connectivity index (χ0) is 17.4. The van der Waals surface area contributed by atoms with Crippen LogP contribution < -0.4 is 15.4 Å². The van der Waals surface area contributed by atoms with E-state index in [1.54, 1.807) is 12.1 Å². The summed E-state index contributed by atoms with van der Waals surface area (Å²) >= 11 is 0. The van der Waals surface area contributed by atoms with E-state index >= 15 is 0 Å². The molecule has 2 amide bonds. The maximum absolute atomic E-state index is 12.3. The van der Waals surface area contributed by atoms with Crippen LogP contribution in [-0.2, 0) is 0 Å². The first kappa shape index (κ1) is 18.4. The van der Waals surface area contributed by atoms with E-state index in [2.05, 4.69) is 27.2 Å². The van der Waals surface area contributed by atoms with Gasteiger partial charge in [0.2, 0.25) is 0 Å². The lowest BCUT2D eigenvalue weighted by Crippen LogP contribution is -2.37. The van der Waals surface area contributed by atoms with Crippen LogP contribution in [0.4, 0.5) is 19.3 Å². The number of carbonyl (C=O) groups is 1. The first-order valence-corrected chi connectivity index (χ1v) is 8.35. The van der Waals surface area contributed by atoms with E-state index < -0.39 is 12.6 Å². The predicted octanol–water partition coefficient (Wildman–Crippen LogP) is 3.53. The highest BCUT2D eigenvalue weighted by molar-refractivity contribution is 5.90. The molecule has 2 rings (SSSR count). The highest BCUT2D eigenvalue weighted by atomic mass is 19.3. The van der Waals surface area contributed by atoms with Gasteiger partial charge in [-0.2, -0.15) is 8.78 Å². The first-order valence-electron chi connectivity index (χ1n) is 8.35. The topological polar surface area (TPSA) is 53.6 Å². The molecule has 0 spiro atoms. The monoisotopic (exact) mass is 341 g/mol. The van der Waals surface area contributed by atoms with Crippen LogP contribution in [0.25, 0.3) is 0 Å². The third-order valence-corrected chi connectivity index (χ3v) is 4.03. The van der Waals surface area contributed by atoms with Crippen LogP contribution >= 0.6 is 0 Å². The van der Waals surface area contributed by atoms with Crippen molar-refractivity contribution in [3.05, 3.63) is 24.3 Å². The van der Waals surface area contributed by atoms with Gasteiger partial charge in [0.1, 0.15) is 5.75 Å². The third-order valence-electron chi connectivity index (χ3n) is 4.03. The zero-order valence-electron chi connectivity index (χ0n) is 13.9. The van der Waals surface area contributed by atoms with Crippen molar-refractivity contribution in [3.8, 4) is 5.75 Å². The Labute approximate surface area is 141 Å². The third kappa shape index (κ3) is 6.31. The fourth-order valence-corrected chi connectivity index (χ4v) is 2.93. The second kappa shape index (κ2) is 9.42. The standard InChI is InChI=1S/C17H25F2N3O2/c1-13-6-4-10-22(12-13)11-5-9-20-17(23)21-14-7-2-3-8-15(14)24-16(18)19/h2-3,7-8,13,16H,4-6,9-12H2,1H3,(H2,20,21,23)/t13-/m0/s1. The lowest BCUT2D eigenvalue weighted by atomic mass is 10.0. The number of hydrogen-bond acceptors (Lipinski definition) is 3. The number of ether oxygens (including phenoxy) is 1. The zero-order valence-corrected chi connectivity index (χ0v) is 13.9. The van der Waals surface area contributed by atoms with Crippen molar-refractivity contribution in [1.82, 2.24) is 10.2 Å². The van der Waals surface area contributed by atoms with E-state index in [4.69, 9.17) is 0 Å². The van der Waals surface area contributed by atoms with Crippen molar-refractivity contribution >= 4 is 11.7 Å². The van der Waals surface area contributed by atoms with Crippen molar-refractivity contribution in [1.29, 1.82) is 0 Å². The van der Waals surface area contributed by atoms with Crippen LogP contribution in [0.3, 0.4) is 0 Å². The van der Waals surface area contributed by atoms with Gasteiger partial charge in [0.05, 0.1) is 5.69 Å². The summed E-state index contributed by atoms with van der Waals surface area (Å²) in [5, 5.41) is 5.28. The van der Waals surface area contributed by atoms with E-state index in [0.717, 1.165) is 32.0 Å². The number of para-hydroxylation sites is 2. The summed E-state index contributed by atoms with van der Waals surface area (Å²) in [4.78, 5) is 14.3.